The van der Waals surface area contributed by atoms with Gasteiger partial charge in [0.05, 0.1) is 27.0 Å². The number of nitrogens with zero attached hydrogens (tertiary/aromatic N) is 3. The fraction of sp³-hybridized carbons (Fsp3) is 0.353. The number of aryl methyl sites for hydroxylation is 2. The van der Waals surface area contributed by atoms with E-state index in [-0.39, 0.29) is 12.1 Å². The maximum Gasteiger partial charge on any atom is 0.322 e. The average Bonchev–Trinajstić information content (AvgIpc) is 3.24. The molecule has 3 aromatic rings. The van der Waals surface area contributed by atoms with Crippen molar-refractivity contribution in [2.75, 3.05) is 11.9 Å². The molecule has 4 rings (SSSR count). The summed E-state index contributed by atoms with van der Waals surface area (Å²) in [7, 11) is 0. The molecule has 7 heteroatoms. The molecule has 0 saturated carbocycles. The van der Waals surface area contributed by atoms with Gasteiger partial charge in [-0.3, -0.25) is 0 Å². The Bertz CT molecular complexity index is 901. The van der Waals surface area contributed by atoms with Gasteiger partial charge >= 0.3 is 6.03 Å². The number of nitrogens with one attached hydrogen (secondary N) is 1. The summed E-state index contributed by atoms with van der Waals surface area (Å²) in [5, 5.41) is 7.94. The first kappa shape index (κ1) is 15.1. The molecule has 0 bridgehead atoms. The lowest BCUT2D eigenvalue weighted by molar-refractivity contribution is 0.195. The molecular weight excluding hydrogens is 324 g/mol. The van der Waals surface area contributed by atoms with E-state index in [1.165, 1.54) is 0 Å². The minimum absolute atomic E-state index is 0.0450. The fourth-order valence-electron chi connectivity index (χ4n) is 3.16. The number of thiazole rings is 1. The summed E-state index contributed by atoms with van der Waals surface area (Å²) in [5.41, 5.74) is 2.51. The number of carbonyl (C=O) groups excluding carboxylic acids is 1. The number of aromatic nitrogens is 2. The Labute approximate surface area is 143 Å². The number of amides is 2. The van der Waals surface area contributed by atoms with Crippen molar-refractivity contribution in [3.05, 3.63) is 40.7 Å². The molecular formula is C17H18N4O2S. The van der Waals surface area contributed by atoms with E-state index in [1.807, 2.05) is 43.0 Å². The Morgan fingerprint density at radius 3 is 3.04 bits per heavy atom. The van der Waals surface area contributed by atoms with Gasteiger partial charge in [0.15, 0.2) is 5.76 Å². The lowest BCUT2D eigenvalue weighted by Gasteiger charge is -2.23. The second-order valence-electron chi connectivity index (χ2n) is 6.07. The van der Waals surface area contributed by atoms with Gasteiger partial charge in [0.25, 0.3) is 0 Å². The summed E-state index contributed by atoms with van der Waals surface area (Å²) in [4.78, 5) is 19.0. The summed E-state index contributed by atoms with van der Waals surface area (Å²) in [6, 6.07) is 7.58. The van der Waals surface area contributed by atoms with Crippen LogP contribution in [0, 0.1) is 13.8 Å². The van der Waals surface area contributed by atoms with Crippen LogP contribution in [0.25, 0.3) is 10.2 Å². The van der Waals surface area contributed by atoms with Crippen LogP contribution in [0.15, 0.2) is 28.8 Å². The number of rotatable bonds is 2. The first-order chi connectivity index (χ1) is 11.6. The highest BCUT2D eigenvalue weighted by Crippen LogP contribution is 2.33. The smallest absolute Gasteiger partial charge is 0.322 e. The Hall–Kier alpha value is -2.41. The molecule has 2 aromatic heterocycles. The van der Waals surface area contributed by atoms with E-state index in [1.54, 1.807) is 11.3 Å². The predicted octanol–water partition coefficient (Wildman–Crippen LogP) is 4.27. The molecule has 1 aromatic carbocycles. The number of fused-ring (bicyclic) bond motifs is 1. The summed E-state index contributed by atoms with van der Waals surface area (Å²) in [5.74, 6) is 0.755. The molecule has 0 aliphatic carbocycles. The summed E-state index contributed by atoms with van der Waals surface area (Å²) >= 11 is 1.65. The highest BCUT2D eigenvalue weighted by atomic mass is 32.1. The quantitative estimate of drug-likeness (QED) is 0.755. The maximum absolute atomic E-state index is 12.7. The lowest BCUT2D eigenvalue weighted by Crippen LogP contribution is -2.34. The van der Waals surface area contributed by atoms with Crippen molar-refractivity contribution in [3.63, 3.8) is 0 Å². The molecule has 1 N–H and O–H groups in total. The molecule has 124 valence electrons. The summed E-state index contributed by atoms with van der Waals surface area (Å²) in [6.45, 7) is 4.59. The van der Waals surface area contributed by atoms with Crippen molar-refractivity contribution >= 4 is 33.3 Å². The third-order valence-corrected chi connectivity index (χ3v) is 5.19. The monoisotopic (exact) mass is 342 g/mol. The largest absolute Gasteiger partial charge is 0.359 e. The third kappa shape index (κ3) is 2.75. The second-order valence-corrected chi connectivity index (χ2v) is 7.30. The number of carbonyl (C=O) groups is 1. The van der Waals surface area contributed by atoms with E-state index in [9.17, 15) is 4.79 Å². The first-order valence-electron chi connectivity index (χ1n) is 7.98. The molecule has 1 fully saturated rings. The van der Waals surface area contributed by atoms with Crippen molar-refractivity contribution in [2.45, 2.75) is 32.7 Å². The maximum atomic E-state index is 12.7. The molecule has 1 unspecified atom stereocenters. The molecule has 6 nitrogen and oxygen atoms in total. The highest BCUT2D eigenvalue weighted by Gasteiger charge is 2.32. The molecule has 1 atom stereocenters. The molecule has 2 amide bonds. The van der Waals surface area contributed by atoms with Crippen molar-refractivity contribution in [1.29, 1.82) is 0 Å². The molecule has 1 saturated heterocycles. The number of urea groups is 1. The first-order valence-corrected chi connectivity index (χ1v) is 8.80. The molecule has 3 heterocycles. The van der Waals surface area contributed by atoms with Crippen LogP contribution < -0.4 is 5.32 Å². The zero-order chi connectivity index (χ0) is 16.7. The Morgan fingerprint density at radius 1 is 1.38 bits per heavy atom. The number of anilines is 1. The van der Waals surface area contributed by atoms with Crippen LogP contribution in [-0.2, 0) is 0 Å². The average molecular weight is 342 g/mol. The molecule has 1 aliphatic rings. The van der Waals surface area contributed by atoms with Crippen molar-refractivity contribution in [2.24, 2.45) is 0 Å². The minimum Gasteiger partial charge on any atom is -0.359 e. The van der Waals surface area contributed by atoms with Gasteiger partial charge in [-0.1, -0.05) is 5.16 Å². The molecule has 0 spiro atoms. The zero-order valence-electron chi connectivity index (χ0n) is 13.6. The SMILES string of the molecule is Cc1cc(C2CCCN2C(=O)Nc2ccc3sc(C)nc3c2)on1. The second kappa shape index (κ2) is 5.90. The highest BCUT2D eigenvalue weighted by molar-refractivity contribution is 7.18. The Balaban J connectivity index is 1.53. The zero-order valence-corrected chi connectivity index (χ0v) is 14.4. The molecule has 1 aliphatic heterocycles. The van der Waals surface area contributed by atoms with E-state index in [0.717, 1.165) is 45.2 Å². The minimum atomic E-state index is -0.113. The molecule has 0 radical (unpaired) electrons. The van der Waals surface area contributed by atoms with E-state index < -0.39 is 0 Å². The van der Waals surface area contributed by atoms with Crippen LogP contribution in [0.1, 0.15) is 35.3 Å². The van der Waals surface area contributed by atoms with Crippen LogP contribution in [0.2, 0.25) is 0 Å². The van der Waals surface area contributed by atoms with Crippen LogP contribution in [-0.4, -0.2) is 27.6 Å². The number of hydrogen-bond acceptors (Lipinski definition) is 5. The van der Waals surface area contributed by atoms with Crippen LogP contribution in [0.4, 0.5) is 10.5 Å². The van der Waals surface area contributed by atoms with Gasteiger partial charge in [-0.15, -0.1) is 11.3 Å². The summed E-state index contributed by atoms with van der Waals surface area (Å²) in [6.07, 6.45) is 1.86. The van der Waals surface area contributed by atoms with E-state index in [0.29, 0.717) is 6.54 Å². The van der Waals surface area contributed by atoms with E-state index >= 15 is 0 Å². The normalized spacial score (nSPS) is 17.6. The van der Waals surface area contributed by atoms with Crippen LogP contribution in [0.5, 0.6) is 0 Å². The van der Waals surface area contributed by atoms with Crippen molar-refractivity contribution in [1.82, 2.24) is 15.0 Å². The number of benzene rings is 1. The van der Waals surface area contributed by atoms with E-state index in [2.05, 4.69) is 15.5 Å². The van der Waals surface area contributed by atoms with Crippen molar-refractivity contribution < 1.29 is 9.32 Å². The van der Waals surface area contributed by atoms with Gasteiger partial charge in [0.1, 0.15) is 0 Å². The summed E-state index contributed by atoms with van der Waals surface area (Å²) < 4.78 is 6.49. The van der Waals surface area contributed by atoms with Gasteiger partial charge < -0.3 is 14.7 Å². The van der Waals surface area contributed by atoms with Gasteiger partial charge in [-0.2, -0.15) is 0 Å². The fourth-order valence-corrected chi connectivity index (χ4v) is 3.97. The topological polar surface area (TPSA) is 71.3 Å². The Kier molecular flexibility index (Phi) is 3.72. The van der Waals surface area contributed by atoms with Gasteiger partial charge in [-0.05, 0) is 44.9 Å². The van der Waals surface area contributed by atoms with Gasteiger partial charge in [0, 0.05) is 18.3 Å². The van der Waals surface area contributed by atoms with Gasteiger partial charge in [0.2, 0.25) is 0 Å². The van der Waals surface area contributed by atoms with Gasteiger partial charge in [-0.25, -0.2) is 9.78 Å². The lowest BCUT2D eigenvalue weighted by atomic mass is 10.1. The predicted molar refractivity (Wildman–Crippen MR) is 93.3 cm³/mol. The standard InChI is InChI=1S/C17H18N4O2S/c1-10-8-15(23-20-10)14-4-3-7-21(14)17(22)19-12-5-6-16-13(9-12)18-11(2)24-16/h5-6,8-9,14H,3-4,7H2,1-2H3,(H,19,22). The molecule has 24 heavy (non-hydrogen) atoms. The van der Waals surface area contributed by atoms with Crippen LogP contribution in [0.3, 0.4) is 0 Å². The van der Waals surface area contributed by atoms with Crippen LogP contribution >= 0.6 is 11.3 Å². The third-order valence-electron chi connectivity index (χ3n) is 4.23. The van der Waals surface area contributed by atoms with E-state index in [4.69, 9.17) is 4.52 Å². The number of hydrogen-bond donors (Lipinski definition) is 1. The number of likely N-dealkylation sites (tertiary alicyclic amines) is 1. The Morgan fingerprint density at radius 2 is 2.25 bits per heavy atom. The van der Waals surface area contributed by atoms with Crippen molar-refractivity contribution in [3.8, 4) is 0 Å².